The lowest BCUT2D eigenvalue weighted by atomic mass is 9.38. The lowest BCUT2D eigenvalue weighted by Crippen LogP contribution is -2.66. The van der Waals surface area contributed by atoms with Crippen LogP contribution in [0.1, 0.15) is 40.5 Å². The van der Waals surface area contributed by atoms with Gasteiger partial charge in [-0.05, 0) is 38.2 Å². The molecule has 3 aliphatic rings. The quantitative estimate of drug-likeness (QED) is 0.540. The Labute approximate surface area is 104 Å². The smallest absolute Gasteiger partial charge is 0.153 e. The highest BCUT2D eigenvalue weighted by molar-refractivity contribution is 6.02. The summed E-state index contributed by atoms with van der Waals surface area (Å²) in [4.78, 5) is 12.6. The van der Waals surface area contributed by atoms with E-state index >= 15 is 0 Å². The number of ether oxygens (including phenoxy) is 1. The molecule has 0 radical (unpaired) electrons. The van der Waals surface area contributed by atoms with E-state index in [9.17, 15) is 4.79 Å². The van der Waals surface area contributed by atoms with E-state index in [1.165, 1.54) is 5.57 Å². The molecule has 3 atom stereocenters. The largest absolute Gasteiger partial charge is 0.504 e. The minimum Gasteiger partial charge on any atom is -0.504 e. The number of rotatable bonds is 2. The Morgan fingerprint density at radius 3 is 2.59 bits per heavy atom. The van der Waals surface area contributed by atoms with Gasteiger partial charge in [-0.1, -0.05) is 25.5 Å². The van der Waals surface area contributed by atoms with Crippen molar-refractivity contribution in [3.8, 4) is 0 Å². The summed E-state index contributed by atoms with van der Waals surface area (Å²) in [5.74, 6) is 0.765. The molecule has 0 aromatic carbocycles. The Morgan fingerprint density at radius 1 is 1.47 bits per heavy atom. The van der Waals surface area contributed by atoms with Crippen LogP contribution in [0.4, 0.5) is 0 Å². The predicted octanol–water partition coefficient (Wildman–Crippen LogP) is 3.49. The first-order chi connectivity index (χ1) is 7.89. The van der Waals surface area contributed by atoms with E-state index in [0.29, 0.717) is 11.7 Å². The number of methoxy groups -OCH3 is 1. The van der Waals surface area contributed by atoms with E-state index in [-0.39, 0.29) is 10.8 Å². The summed E-state index contributed by atoms with van der Waals surface area (Å²) in [5.41, 5.74) is 1.87. The van der Waals surface area contributed by atoms with E-state index in [1.807, 2.05) is 0 Å². The normalized spacial score (nSPS) is 42.1. The molecule has 0 aromatic heterocycles. The zero-order chi connectivity index (χ0) is 12.8. The highest BCUT2D eigenvalue weighted by Gasteiger charge is 2.69. The van der Waals surface area contributed by atoms with Gasteiger partial charge in [0.25, 0.3) is 0 Å². The molecule has 17 heavy (non-hydrogen) atoms. The molecular weight excluding hydrogens is 212 g/mol. The van der Waals surface area contributed by atoms with Crippen molar-refractivity contribution in [1.82, 2.24) is 0 Å². The second-order valence-corrected chi connectivity index (χ2v) is 5.94. The molecule has 0 unspecified atom stereocenters. The van der Waals surface area contributed by atoms with Gasteiger partial charge in [0.2, 0.25) is 0 Å². The number of hydrogen-bond acceptors (Lipinski definition) is 2. The van der Waals surface area contributed by atoms with Crippen LogP contribution in [0.5, 0.6) is 0 Å². The van der Waals surface area contributed by atoms with E-state index in [4.69, 9.17) is 4.74 Å². The molecule has 3 aliphatic carbocycles. The SMILES string of the molecule is CO/C=C1\CC[C@@]2(C)C(=O)[C@]1(C=C(C)C)[C@H]2C. The molecule has 2 bridgehead atoms. The molecule has 3 saturated carbocycles. The predicted molar refractivity (Wildman–Crippen MR) is 68.5 cm³/mol. The van der Waals surface area contributed by atoms with Crippen molar-refractivity contribution in [1.29, 1.82) is 0 Å². The molecule has 2 heteroatoms. The summed E-state index contributed by atoms with van der Waals surface area (Å²) in [6, 6.07) is 0. The van der Waals surface area contributed by atoms with Crippen LogP contribution >= 0.6 is 0 Å². The molecule has 0 spiro atoms. The Balaban J connectivity index is 2.52. The van der Waals surface area contributed by atoms with E-state index in [1.54, 1.807) is 13.4 Å². The van der Waals surface area contributed by atoms with Crippen molar-refractivity contribution in [2.24, 2.45) is 16.7 Å². The maximum Gasteiger partial charge on any atom is 0.153 e. The third kappa shape index (κ3) is 1.36. The monoisotopic (exact) mass is 234 g/mol. The van der Waals surface area contributed by atoms with Gasteiger partial charge in [-0.15, -0.1) is 0 Å². The van der Waals surface area contributed by atoms with E-state index in [2.05, 4.69) is 33.8 Å². The fraction of sp³-hybridized carbons (Fsp3) is 0.667. The number of allylic oxidation sites excluding steroid dienone is 3. The molecule has 94 valence electrons. The third-order valence-corrected chi connectivity index (χ3v) is 4.75. The number of fused-ring (bicyclic) bond motifs is 2. The first-order valence-electron chi connectivity index (χ1n) is 6.33. The Hall–Kier alpha value is -1.05. The van der Waals surface area contributed by atoms with E-state index < -0.39 is 0 Å². The highest BCUT2D eigenvalue weighted by Crippen LogP contribution is 2.67. The van der Waals surface area contributed by atoms with Gasteiger partial charge in [0, 0.05) is 5.41 Å². The molecule has 0 heterocycles. The van der Waals surface area contributed by atoms with Gasteiger partial charge in [-0.3, -0.25) is 4.79 Å². The number of carbonyl (C=O) groups is 1. The molecule has 0 aromatic rings. The van der Waals surface area contributed by atoms with Crippen molar-refractivity contribution in [3.63, 3.8) is 0 Å². The molecule has 2 nitrogen and oxygen atoms in total. The van der Waals surface area contributed by atoms with Crippen LogP contribution in [-0.2, 0) is 9.53 Å². The first kappa shape index (κ1) is 12.4. The standard InChI is InChI=1S/C15H22O2/c1-10(2)8-15-11(3)14(4,13(15)16)7-6-12(15)9-17-5/h8-9,11H,6-7H2,1-5H3/b12-9+/t11-,14+,15+/m0/s1. The number of carbonyl (C=O) groups excluding carboxylic acids is 1. The number of ketones is 1. The summed E-state index contributed by atoms with van der Waals surface area (Å²) in [6.07, 6.45) is 5.86. The van der Waals surface area contributed by atoms with Gasteiger partial charge >= 0.3 is 0 Å². The lowest BCUT2D eigenvalue weighted by molar-refractivity contribution is -0.166. The van der Waals surface area contributed by atoms with Crippen LogP contribution in [0.2, 0.25) is 0 Å². The van der Waals surface area contributed by atoms with Crippen molar-refractivity contribution in [2.45, 2.75) is 40.5 Å². The Kier molecular flexibility index (Phi) is 2.72. The molecule has 0 saturated heterocycles. The van der Waals surface area contributed by atoms with Gasteiger partial charge in [0.05, 0.1) is 18.8 Å². The molecule has 3 fully saturated rings. The summed E-state index contributed by atoms with van der Waals surface area (Å²) in [5, 5.41) is 0. The van der Waals surface area contributed by atoms with Gasteiger partial charge < -0.3 is 4.74 Å². The van der Waals surface area contributed by atoms with Crippen LogP contribution in [0.15, 0.2) is 23.5 Å². The molecule has 3 rings (SSSR count). The lowest BCUT2D eigenvalue weighted by Gasteiger charge is -2.62. The van der Waals surface area contributed by atoms with Crippen LogP contribution < -0.4 is 0 Å². The zero-order valence-electron chi connectivity index (χ0n) is 11.5. The van der Waals surface area contributed by atoms with Gasteiger partial charge in [-0.2, -0.15) is 0 Å². The van der Waals surface area contributed by atoms with Crippen LogP contribution in [0.3, 0.4) is 0 Å². The highest BCUT2D eigenvalue weighted by atomic mass is 16.5. The van der Waals surface area contributed by atoms with Crippen LogP contribution in [0, 0.1) is 16.7 Å². The summed E-state index contributed by atoms with van der Waals surface area (Å²) in [6.45, 7) is 8.43. The molecule has 0 N–H and O–H groups in total. The first-order valence-corrected chi connectivity index (χ1v) is 6.33. The number of Topliss-reactive ketones (excluding diaryl/α,β-unsaturated/α-hetero) is 1. The molecule has 0 aliphatic heterocycles. The Morgan fingerprint density at radius 2 is 2.12 bits per heavy atom. The fourth-order valence-electron chi connectivity index (χ4n) is 3.68. The number of hydrogen-bond donors (Lipinski definition) is 0. The summed E-state index contributed by atoms with van der Waals surface area (Å²) in [7, 11) is 1.66. The zero-order valence-corrected chi connectivity index (χ0v) is 11.5. The van der Waals surface area contributed by atoms with Gasteiger partial charge in [0.15, 0.2) is 5.78 Å². The van der Waals surface area contributed by atoms with Gasteiger partial charge in [-0.25, -0.2) is 0 Å². The second kappa shape index (κ2) is 3.72. The second-order valence-electron chi connectivity index (χ2n) is 5.94. The summed E-state index contributed by atoms with van der Waals surface area (Å²) >= 11 is 0. The fourth-order valence-corrected chi connectivity index (χ4v) is 3.68. The van der Waals surface area contributed by atoms with Crippen LogP contribution in [0.25, 0.3) is 0 Å². The molecule has 0 amide bonds. The average molecular weight is 234 g/mol. The van der Waals surface area contributed by atoms with E-state index in [0.717, 1.165) is 18.4 Å². The third-order valence-electron chi connectivity index (χ3n) is 4.75. The Bertz CT molecular complexity index is 415. The average Bonchev–Trinajstić information content (AvgIpc) is 2.27. The molecular formula is C15H22O2. The van der Waals surface area contributed by atoms with Gasteiger partial charge in [0.1, 0.15) is 0 Å². The van der Waals surface area contributed by atoms with Crippen molar-refractivity contribution in [2.75, 3.05) is 7.11 Å². The van der Waals surface area contributed by atoms with Crippen molar-refractivity contribution < 1.29 is 9.53 Å². The minimum atomic E-state index is -0.373. The maximum absolute atomic E-state index is 12.6. The van der Waals surface area contributed by atoms with Crippen molar-refractivity contribution in [3.05, 3.63) is 23.5 Å². The topological polar surface area (TPSA) is 26.3 Å². The van der Waals surface area contributed by atoms with Crippen molar-refractivity contribution >= 4 is 5.78 Å². The van der Waals surface area contributed by atoms with Crippen LogP contribution in [-0.4, -0.2) is 12.9 Å². The summed E-state index contributed by atoms with van der Waals surface area (Å²) < 4.78 is 5.17. The maximum atomic E-state index is 12.6. The minimum absolute atomic E-state index is 0.114.